The molecule has 1 heterocycles. The van der Waals surface area contributed by atoms with Crippen molar-refractivity contribution in [2.75, 3.05) is 13.1 Å². The molecule has 1 saturated heterocycles. The molecule has 2 heteroatoms. The van der Waals surface area contributed by atoms with Crippen molar-refractivity contribution in [3.05, 3.63) is 35.4 Å². The van der Waals surface area contributed by atoms with Gasteiger partial charge in [0.1, 0.15) is 0 Å². The van der Waals surface area contributed by atoms with Crippen LogP contribution in [0.15, 0.2) is 24.3 Å². The zero-order chi connectivity index (χ0) is 12.4. The van der Waals surface area contributed by atoms with Crippen LogP contribution in [-0.2, 0) is 6.54 Å². The molecule has 2 fully saturated rings. The Labute approximate surface area is 110 Å². The van der Waals surface area contributed by atoms with Gasteiger partial charge in [0, 0.05) is 31.7 Å². The lowest BCUT2D eigenvalue weighted by atomic mass is 9.87. The van der Waals surface area contributed by atoms with Crippen molar-refractivity contribution in [3.8, 4) is 0 Å². The Morgan fingerprint density at radius 3 is 2.78 bits per heavy atom. The monoisotopic (exact) mass is 244 g/mol. The number of benzene rings is 1. The van der Waals surface area contributed by atoms with Gasteiger partial charge in [0.2, 0.25) is 0 Å². The Bertz CT molecular complexity index is 383. The summed E-state index contributed by atoms with van der Waals surface area (Å²) >= 11 is 0. The number of nitrogens with zero attached hydrogens (tertiary/aromatic N) is 1. The van der Waals surface area contributed by atoms with Crippen LogP contribution >= 0.6 is 0 Å². The summed E-state index contributed by atoms with van der Waals surface area (Å²) in [4.78, 5) is 2.70. The van der Waals surface area contributed by atoms with Gasteiger partial charge in [-0.1, -0.05) is 42.7 Å². The molecule has 1 aromatic rings. The molecule has 18 heavy (non-hydrogen) atoms. The average molecular weight is 244 g/mol. The van der Waals surface area contributed by atoms with E-state index in [1.165, 1.54) is 43.4 Å². The summed E-state index contributed by atoms with van der Waals surface area (Å²) < 4.78 is 0. The van der Waals surface area contributed by atoms with Crippen LogP contribution in [0.25, 0.3) is 0 Å². The van der Waals surface area contributed by atoms with Crippen molar-refractivity contribution in [2.45, 2.75) is 51.2 Å². The molecule has 0 spiro atoms. The standard InChI is InChI=1S/C16H24N2/c1-13-6-8-14(9-7-13)12-18-11-10-17-15-4-2-3-5-16(15)18/h6-9,15-17H,2-5,10-12H2,1H3/t15-,16-/m1/s1. The van der Waals surface area contributed by atoms with Gasteiger partial charge in [0.15, 0.2) is 0 Å². The highest BCUT2D eigenvalue weighted by atomic mass is 15.2. The molecule has 0 bridgehead atoms. The van der Waals surface area contributed by atoms with Gasteiger partial charge >= 0.3 is 0 Å². The van der Waals surface area contributed by atoms with E-state index in [0.29, 0.717) is 0 Å². The molecule has 3 rings (SSSR count). The fourth-order valence-electron chi connectivity index (χ4n) is 3.47. The van der Waals surface area contributed by atoms with Gasteiger partial charge in [-0.25, -0.2) is 0 Å². The van der Waals surface area contributed by atoms with Crippen LogP contribution in [0.3, 0.4) is 0 Å². The van der Waals surface area contributed by atoms with E-state index in [0.717, 1.165) is 25.2 Å². The predicted molar refractivity (Wildman–Crippen MR) is 75.6 cm³/mol. The zero-order valence-electron chi connectivity index (χ0n) is 11.4. The van der Waals surface area contributed by atoms with Crippen LogP contribution < -0.4 is 5.32 Å². The summed E-state index contributed by atoms with van der Waals surface area (Å²) in [6.45, 7) is 5.65. The molecule has 1 saturated carbocycles. The first kappa shape index (κ1) is 12.2. The Kier molecular flexibility index (Phi) is 3.67. The number of aryl methyl sites for hydroxylation is 1. The number of rotatable bonds is 2. The van der Waals surface area contributed by atoms with E-state index in [4.69, 9.17) is 0 Å². The SMILES string of the molecule is Cc1ccc(CN2CCN[C@@H]3CCCC[C@H]32)cc1. The van der Waals surface area contributed by atoms with Crippen LogP contribution in [0.2, 0.25) is 0 Å². The smallest absolute Gasteiger partial charge is 0.0253 e. The van der Waals surface area contributed by atoms with Crippen LogP contribution in [-0.4, -0.2) is 30.1 Å². The molecule has 0 radical (unpaired) electrons. The second-order valence-electron chi connectivity index (χ2n) is 5.87. The molecule has 2 nitrogen and oxygen atoms in total. The Balaban J connectivity index is 1.69. The Hall–Kier alpha value is -0.860. The number of nitrogens with one attached hydrogen (secondary N) is 1. The fraction of sp³-hybridized carbons (Fsp3) is 0.625. The van der Waals surface area contributed by atoms with Crippen molar-refractivity contribution < 1.29 is 0 Å². The minimum Gasteiger partial charge on any atom is -0.311 e. The lowest BCUT2D eigenvalue weighted by Gasteiger charge is -2.44. The predicted octanol–water partition coefficient (Wildman–Crippen LogP) is 2.71. The molecule has 0 amide bonds. The van der Waals surface area contributed by atoms with Crippen LogP contribution in [0, 0.1) is 6.92 Å². The molecule has 2 aliphatic rings. The second-order valence-corrected chi connectivity index (χ2v) is 5.87. The highest BCUT2D eigenvalue weighted by Crippen LogP contribution is 2.26. The highest BCUT2D eigenvalue weighted by molar-refractivity contribution is 5.21. The van der Waals surface area contributed by atoms with Crippen molar-refractivity contribution in [3.63, 3.8) is 0 Å². The van der Waals surface area contributed by atoms with Gasteiger partial charge in [-0.2, -0.15) is 0 Å². The molecule has 1 N–H and O–H groups in total. The summed E-state index contributed by atoms with van der Waals surface area (Å²) in [6, 6.07) is 10.6. The second kappa shape index (κ2) is 5.41. The van der Waals surface area contributed by atoms with Crippen LogP contribution in [0.4, 0.5) is 0 Å². The Morgan fingerprint density at radius 2 is 1.94 bits per heavy atom. The first-order chi connectivity index (χ1) is 8.83. The van der Waals surface area contributed by atoms with E-state index in [2.05, 4.69) is 41.4 Å². The van der Waals surface area contributed by atoms with Gasteiger partial charge in [-0.05, 0) is 25.3 Å². The lowest BCUT2D eigenvalue weighted by Crippen LogP contribution is -2.58. The quantitative estimate of drug-likeness (QED) is 0.860. The number of fused-ring (bicyclic) bond motifs is 1. The molecule has 1 aromatic carbocycles. The lowest BCUT2D eigenvalue weighted by molar-refractivity contribution is 0.0815. The number of piperazine rings is 1. The third kappa shape index (κ3) is 2.60. The fourth-order valence-corrected chi connectivity index (χ4v) is 3.47. The van der Waals surface area contributed by atoms with Crippen molar-refractivity contribution in [2.24, 2.45) is 0 Å². The van der Waals surface area contributed by atoms with E-state index in [9.17, 15) is 0 Å². The van der Waals surface area contributed by atoms with Gasteiger partial charge in [-0.3, -0.25) is 4.90 Å². The summed E-state index contributed by atoms with van der Waals surface area (Å²) in [5, 5.41) is 3.70. The van der Waals surface area contributed by atoms with Gasteiger partial charge in [-0.15, -0.1) is 0 Å². The number of hydrogen-bond donors (Lipinski definition) is 1. The summed E-state index contributed by atoms with van der Waals surface area (Å²) in [7, 11) is 0. The topological polar surface area (TPSA) is 15.3 Å². The molecule has 0 unspecified atom stereocenters. The Morgan fingerprint density at radius 1 is 1.17 bits per heavy atom. The summed E-state index contributed by atoms with van der Waals surface area (Å²) in [5.41, 5.74) is 2.82. The molecule has 2 atom stereocenters. The zero-order valence-corrected chi connectivity index (χ0v) is 11.4. The molecule has 1 aliphatic heterocycles. The third-order valence-corrected chi connectivity index (χ3v) is 4.51. The first-order valence-corrected chi connectivity index (χ1v) is 7.36. The highest BCUT2D eigenvalue weighted by Gasteiger charge is 2.32. The normalized spacial score (nSPS) is 28.9. The van der Waals surface area contributed by atoms with Crippen LogP contribution in [0.1, 0.15) is 36.8 Å². The van der Waals surface area contributed by atoms with Crippen molar-refractivity contribution in [1.29, 1.82) is 0 Å². The van der Waals surface area contributed by atoms with E-state index in [-0.39, 0.29) is 0 Å². The maximum Gasteiger partial charge on any atom is 0.0253 e. The molecular weight excluding hydrogens is 220 g/mol. The van der Waals surface area contributed by atoms with Gasteiger partial charge in [0.25, 0.3) is 0 Å². The van der Waals surface area contributed by atoms with Crippen molar-refractivity contribution >= 4 is 0 Å². The first-order valence-electron chi connectivity index (χ1n) is 7.36. The average Bonchev–Trinajstić information content (AvgIpc) is 2.42. The van der Waals surface area contributed by atoms with Gasteiger partial charge in [0.05, 0.1) is 0 Å². The maximum absolute atomic E-state index is 3.70. The molecular formula is C16H24N2. The largest absolute Gasteiger partial charge is 0.311 e. The molecule has 98 valence electrons. The summed E-state index contributed by atoms with van der Waals surface area (Å²) in [6.07, 6.45) is 5.57. The third-order valence-electron chi connectivity index (χ3n) is 4.51. The summed E-state index contributed by atoms with van der Waals surface area (Å²) in [5.74, 6) is 0. The van der Waals surface area contributed by atoms with Crippen molar-refractivity contribution in [1.82, 2.24) is 10.2 Å². The maximum atomic E-state index is 3.70. The van der Waals surface area contributed by atoms with Gasteiger partial charge < -0.3 is 5.32 Å². The minimum atomic E-state index is 0.748. The van der Waals surface area contributed by atoms with Crippen LogP contribution in [0.5, 0.6) is 0 Å². The van der Waals surface area contributed by atoms with E-state index in [1.54, 1.807) is 0 Å². The van der Waals surface area contributed by atoms with E-state index < -0.39 is 0 Å². The van der Waals surface area contributed by atoms with E-state index in [1.807, 2.05) is 0 Å². The molecule has 0 aromatic heterocycles. The molecule has 1 aliphatic carbocycles. The number of hydrogen-bond acceptors (Lipinski definition) is 2. The van der Waals surface area contributed by atoms with E-state index >= 15 is 0 Å². The minimum absolute atomic E-state index is 0.748.